The van der Waals surface area contributed by atoms with E-state index in [1.54, 1.807) is 19.1 Å². The Kier molecular flexibility index (Phi) is 5.25. The predicted octanol–water partition coefficient (Wildman–Crippen LogP) is 3.31. The minimum atomic E-state index is -1.63. The standard InChI is InChI=1S/C20H15ClF2N6O2/c1-9-16-17(19(24)26-8-25-16)29(28-9)13-6-5-12(14(22)15(13)23)27-20(31)18(30)10-3-2-4-11(21)7-10/h2-8,18,30H,1H3,(H,27,31)(H2,24,25,26). The Balaban J connectivity index is 1.68. The molecule has 1 atom stereocenters. The maximum atomic E-state index is 14.9. The molecule has 0 aliphatic heterocycles. The molecule has 1 amide bonds. The summed E-state index contributed by atoms with van der Waals surface area (Å²) in [6.45, 7) is 1.64. The van der Waals surface area contributed by atoms with Gasteiger partial charge in [-0.05, 0) is 36.8 Å². The Morgan fingerprint density at radius 3 is 2.74 bits per heavy atom. The lowest BCUT2D eigenvalue weighted by atomic mass is 10.1. The number of nitrogen functional groups attached to an aromatic ring is 1. The van der Waals surface area contributed by atoms with Crippen molar-refractivity contribution < 1.29 is 18.7 Å². The summed E-state index contributed by atoms with van der Waals surface area (Å²) in [6, 6.07) is 8.37. The zero-order chi connectivity index (χ0) is 22.3. The molecule has 1 unspecified atom stereocenters. The molecule has 8 nitrogen and oxygen atoms in total. The van der Waals surface area contributed by atoms with E-state index in [1.165, 1.54) is 24.5 Å². The van der Waals surface area contributed by atoms with Crippen LogP contribution >= 0.6 is 11.6 Å². The highest BCUT2D eigenvalue weighted by molar-refractivity contribution is 6.30. The molecule has 4 N–H and O–H groups in total. The zero-order valence-electron chi connectivity index (χ0n) is 16.0. The van der Waals surface area contributed by atoms with E-state index in [0.717, 1.165) is 10.7 Å². The highest BCUT2D eigenvalue weighted by Crippen LogP contribution is 2.29. The van der Waals surface area contributed by atoms with Crippen LogP contribution in [0.1, 0.15) is 17.4 Å². The summed E-state index contributed by atoms with van der Waals surface area (Å²) in [6.07, 6.45) is -0.382. The van der Waals surface area contributed by atoms with E-state index in [-0.39, 0.29) is 22.6 Å². The number of anilines is 2. The number of aliphatic hydroxyl groups is 1. The SMILES string of the molecule is Cc1nn(-c2ccc(NC(=O)C(O)c3cccc(Cl)c3)c(F)c2F)c2c(N)ncnc12. The topological polar surface area (TPSA) is 119 Å². The average molecular weight is 445 g/mol. The van der Waals surface area contributed by atoms with Gasteiger partial charge in [-0.1, -0.05) is 23.7 Å². The van der Waals surface area contributed by atoms with Gasteiger partial charge in [0.15, 0.2) is 23.6 Å². The molecular formula is C20H15ClF2N6O2. The Hall–Kier alpha value is -3.63. The van der Waals surface area contributed by atoms with E-state index < -0.39 is 29.3 Å². The van der Waals surface area contributed by atoms with Crippen molar-refractivity contribution in [1.29, 1.82) is 0 Å². The molecule has 2 aromatic carbocycles. The fourth-order valence-electron chi connectivity index (χ4n) is 3.12. The second kappa shape index (κ2) is 7.89. The molecule has 0 saturated carbocycles. The molecule has 0 bridgehead atoms. The highest BCUT2D eigenvalue weighted by atomic mass is 35.5. The number of hydrogen-bond acceptors (Lipinski definition) is 6. The van der Waals surface area contributed by atoms with Crippen molar-refractivity contribution in [2.45, 2.75) is 13.0 Å². The number of aromatic nitrogens is 4. The number of aryl methyl sites for hydroxylation is 1. The molecule has 11 heteroatoms. The normalized spacial score (nSPS) is 12.2. The number of fused-ring (bicyclic) bond motifs is 1. The van der Waals surface area contributed by atoms with Gasteiger partial charge in [-0.2, -0.15) is 5.10 Å². The lowest BCUT2D eigenvalue weighted by molar-refractivity contribution is -0.124. The van der Waals surface area contributed by atoms with Gasteiger partial charge >= 0.3 is 0 Å². The smallest absolute Gasteiger partial charge is 0.257 e. The van der Waals surface area contributed by atoms with Gasteiger partial charge in [-0.3, -0.25) is 4.79 Å². The van der Waals surface area contributed by atoms with E-state index in [2.05, 4.69) is 20.4 Å². The maximum absolute atomic E-state index is 14.9. The van der Waals surface area contributed by atoms with Crippen LogP contribution in [0.25, 0.3) is 16.7 Å². The summed E-state index contributed by atoms with van der Waals surface area (Å²) in [5.41, 5.74) is 6.45. The average Bonchev–Trinajstić information content (AvgIpc) is 3.08. The van der Waals surface area contributed by atoms with Crippen LogP contribution in [0, 0.1) is 18.6 Å². The van der Waals surface area contributed by atoms with Crippen molar-refractivity contribution in [3.8, 4) is 5.69 Å². The maximum Gasteiger partial charge on any atom is 0.257 e. The fraction of sp³-hybridized carbons (Fsp3) is 0.100. The van der Waals surface area contributed by atoms with Crippen LogP contribution in [0.2, 0.25) is 5.02 Å². The van der Waals surface area contributed by atoms with Gasteiger partial charge in [0.05, 0.1) is 11.4 Å². The van der Waals surface area contributed by atoms with E-state index in [9.17, 15) is 18.7 Å². The quantitative estimate of drug-likeness (QED) is 0.444. The number of halogens is 3. The number of nitrogens with one attached hydrogen (secondary N) is 1. The zero-order valence-corrected chi connectivity index (χ0v) is 16.7. The number of hydrogen-bond donors (Lipinski definition) is 3. The number of amides is 1. The number of nitrogens with two attached hydrogens (primary N) is 1. The van der Waals surface area contributed by atoms with E-state index >= 15 is 0 Å². The molecule has 0 spiro atoms. The molecule has 31 heavy (non-hydrogen) atoms. The lowest BCUT2D eigenvalue weighted by Gasteiger charge is -2.14. The van der Waals surface area contributed by atoms with Crippen molar-refractivity contribution in [3.63, 3.8) is 0 Å². The minimum Gasteiger partial charge on any atom is -0.382 e. The van der Waals surface area contributed by atoms with Crippen LogP contribution < -0.4 is 11.1 Å². The minimum absolute atomic E-state index is 0.0485. The third-order valence-electron chi connectivity index (χ3n) is 4.62. The fourth-order valence-corrected chi connectivity index (χ4v) is 3.31. The number of nitrogens with zero attached hydrogens (tertiary/aromatic N) is 4. The van der Waals surface area contributed by atoms with Gasteiger partial charge in [-0.25, -0.2) is 23.4 Å². The molecule has 0 aliphatic rings. The second-order valence-electron chi connectivity index (χ2n) is 6.66. The van der Waals surface area contributed by atoms with Crippen molar-refractivity contribution in [2.24, 2.45) is 0 Å². The van der Waals surface area contributed by atoms with E-state index in [0.29, 0.717) is 16.2 Å². The summed E-state index contributed by atoms with van der Waals surface area (Å²) < 4.78 is 30.7. The molecular weight excluding hydrogens is 430 g/mol. The van der Waals surface area contributed by atoms with Gasteiger partial charge < -0.3 is 16.2 Å². The first-order valence-corrected chi connectivity index (χ1v) is 9.34. The van der Waals surface area contributed by atoms with Gasteiger partial charge in [-0.15, -0.1) is 0 Å². The molecule has 2 heterocycles. The van der Waals surface area contributed by atoms with Crippen LogP contribution in [0.15, 0.2) is 42.7 Å². The van der Waals surface area contributed by atoms with Gasteiger partial charge in [0, 0.05) is 5.02 Å². The van der Waals surface area contributed by atoms with Crippen LogP contribution in [0.3, 0.4) is 0 Å². The summed E-state index contributed by atoms with van der Waals surface area (Å²) >= 11 is 5.85. The second-order valence-corrected chi connectivity index (χ2v) is 7.10. The van der Waals surface area contributed by atoms with Crippen LogP contribution in [0.5, 0.6) is 0 Å². The Morgan fingerprint density at radius 1 is 1.23 bits per heavy atom. The summed E-state index contributed by atoms with van der Waals surface area (Å²) in [5, 5.41) is 16.9. The van der Waals surface area contributed by atoms with Gasteiger partial charge in [0.1, 0.15) is 23.0 Å². The number of carbonyl (C=O) groups excluding carboxylic acids is 1. The van der Waals surface area contributed by atoms with Crippen molar-refractivity contribution in [3.05, 3.63) is 70.6 Å². The highest BCUT2D eigenvalue weighted by Gasteiger charge is 2.23. The van der Waals surface area contributed by atoms with Gasteiger partial charge in [0.25, 0.3) is 5.91 Å². The molecule has 0 aliphatic carbocycles. The van der Waals surface area contributed by atoms with E-state index in [4.69, 9.17) is 17.3 Å². The number of benzene rings is 2. The largest absolute Gasteiger partial charge is 0.382 e. The first kappa shape index (κ1) is 20.6. The van der Waals surface area contributed by atoms with Crippen molar-refractivity contribution in [2.75, 3.05) is 11.1 Å². The molecule has 0 fully saturated rings. The molecule has 158 valence electrons. The summed E-state index contributed by atoms with van der Waals surface area (Å²) in [4.78, 5) is 20.3. The number of carbonyl (C=O) groups is 1. The number of aliphatic hydroxyl groups excluding tert-OH is 1. The Bertz CT molecular complexity index is 1330. The van der Waals surface area contributed by atoms with Crippen LogP contribution in [-0.2, 0) is 4.79 Å². The predicted molar refractivity (Wildman–Crippen MR) is 111 cm³/mol. The lowest BCUT2D eigenvalue weighted by Crippen LogP contribution is -2.22. The first-order chi connectivity index (χ1) is 14.8. The Morgan fingerprint density at radius 2 is 2.00 bits per heavy atom. The molecule has 0 radical (unpaired) electrons. The summed E-state index contributed by atoms with van der Waals surface area (Å²) in [5.74, 6) is -3.51. The van der Waals surface area contributed by atoms with E-state index in [1.807, 2.05) is 0 Å². The number of rotatable bonds is 4. The van der Waals surface area contributed by atoms with Crippen LogP contribution in [0.4, 0.5) is 20.3 Å². The molecule has 0 saturated heterocycles. The monoisotopic (exact) mass is 444 g/mol. The Labute approximate surface area is 179 Å². The third kappa shape index (κ3) is 3.66. The van der Waals surface area contributed by atoms with Crippen LogP contribution in [-0.4, -0.2) is 30.8 Å². The molecule has 2 aromatic heterocycles. The van der Waals surface area contributed by atoms with Crippen molar-refractivity contribution >= 4 is 40.0 Å². The summed E-state index contributed by atoms with van der Waals surface area (Å²) in [7, 11) is 0. The van der Waals surface area contributed by atoms with Crippen molar-refractivity contribution in [1.82, 2.24) is 19.7 Å². The molecule has 4 aromatic rings. The molecule has 4 rings (SSSR count). The third-order valence-corrected chi connectivity index (χ3v) is 4.85. The van der Waals surface area contributed by atoms with Gasteiger partial charge in [0.2, 0.25) is 0 Å². The first-order valence-electron chi connectivity index (χ1n) is 8.96.